The highest BCUT2D eigenvalue weighted by Crippen LogP contribution is 1.86. The van der Waals surface area contributed by atoms with Gasteiger partial charge in [-0.15, -0.1) is 0 Å². The maximum atomic E-state index is 5.13. The molecule has 0 radical (unpaired) electrons. The summed E-state index contributed by atoms with van der Waals surface area (Å²) in [5.74, 6) is 0. The van der Waals surface area contributed by atoms with Crippen LogP contribution < -0.4 is 0 Å². The summed E-state index contributed by atoms with van der Waals surface area (Å²) in [5.41, 5.74) is 0. The minimum Gasteiger partial charge on any atom is -0.381 e. The SMILES string of the molecule is CC/C=C/CCOCC. The highest BCUT2D eigenvalue weighted by molar-refractivity contribution is 4.79. The normalized spacial score (nSPS) is 10.9. The molecule has 0 N–H and O–H groups in total. The second-order valence-electron chi connectivity index (χ2n) is 1.87. The Morgan fingerprint density at radius 1 is 1.22 bits per heavy atom. The number of hydrogen-bond donors (Lipinski definition) is 0. The molecule has 54 valence electrons. The first-order valence-electron chi connectivity index (χ1n) is 3.64. The van der Waals surface area contributed by atoms with Crippen molar-refractivity contribution < 1.29 is 4.74 Å². The molecule has 0 spiro atoms. The summed E-state index contributed by atoms with van der Waals surface area (Å²) < 4.78 is 5.13. The van der Waals surface area contributed by atoms with E-state index in [0.717, 1.165) is 26.1 Å². The molecule has 0 atom stereocenters. The van der Waals surface area contributed by atoms with Crippen LogP contribution in [-0.4, -0.2) is 13.2 Å². The third-order valence-electron chi connectivity index (χ3n) is 1.04. The lowest BCUT2D eigenvalue weighted by molar-refractivity contribution is 0.152. The van der Waals surface area contributed by atoms with Gasteiger partial charge in [0.05, 0.1) is 0 Å². The number of hydrogen-bond acceptors (Lipinski definition) is 1. The summed E-state index contributed by atoms with van der Waals surface area (Å²) in [6.45, 7) is 5.85. The fourth-order valence-electron chi connectivity index (χ4n) is 0.580. The van der Waals surface area contributed by atoms with Gasteiger partial charge in [-0.05, 0) is 19.8 Å². The number of ether oxygens (including phenoxy) is 1. The zero-order chi connectivity index (χ0) is 6.95. The Labute approximate surface area is 57.7 Å². The smallest absolute Gasteiger partial charge is 0.0500 e. The van der Waals surface area contributed by atoms with Crippen LogP contribution in [0.25, 0.3) is 0 Å². The largest absolute Gasteiger partial charge is 0.381 e. The van der Waals surface area contributed by atoms with Crippen molar-refractivity contribution in [3.63, 3.8) is 0 Å². The monoisotopic (exact) mass is 128 g/mol. The second-order valence-corrected chi connectivity index (χ2v) is 1.87. The molecule has 0 rings (SSSR count). The van der Waals surface area contributed by atoms with Crippen molar-refractivity contribution in [3.05, 3.63) is 12.2 Å². The summed E-state index contributed by atoms with van der Waals surface area (Å²) in [4.78, 5) is 0. The Kier molecular flexibility index (Phi) is 7.44. The van der Waals surface area contributed by atoms with Crippen molar-refractivity contribution in [2.24, 2.45) is 0 Å². The molecule has 0 aliphatic rings. The quantitative estimate of drug-likeness (QED) is 0.408. The van der Waals surface area contributed by atoms with Gasteiger partial charge in [-0.3, -0.25) is 0 Å². The molecular weight excluding hydrogens is 112 g/mol. The van der Waals surface area contributed by atoms with Crippen molar-refractivity contribution in [1.29, 1.82) is 0 Å². The van der Waals surface area contributed by atoms with Gasteiger partial charge in [0.25, 0.3) is 0 Å². The minimum atomic E-state index is 0.833. The first-order valence-corrected chi connectivity index (χ1v) is 3.64. The Balaban J connectivity index is 2.82. The predicted molar refractivity (Wildman–Crippen MR) is 40.5 cm³/mol. The van der Waals surface area contributed by atoms with E-state index in [-0.39, 0.29) is 0 Å². The standard InChI is InChI=1S/C8H16O/c1-3-5-6-7-8-9-4-2/h5-6H,3-4,7-8H2,1-2H3/b6-5+. The summed E-state index contributed by atoms with van der Waals surface area (Å²) in [6, 6.07) is 0. The summed E-state index contributed by atoms with van der Waals surface area (Å²) in [7, 11) is 0. The van der Waals surface area contributed by atoms with E-state index < -0.39 is 0 Å². The highest BCUT2D eigenvalue weighted by atomic mass is 16.5. The van der Waals surface area contributed by atoms with Gasteiger partial charge in [-0.2, -0.15) is 0 Å². The van der Waals surface area contributed by atoms with Crippen LogP contribution in [0.1, 0.15) is 26.7 Å². The van der Waals surface area contributed by atoms with E-state index in [2.05, 4.69) is 19.1 Å². The van der Waals surface area contributed by atoms with Crippen molar-refractivity contribution in [3.8, 4) is 0 Å². The minimum absolute atomic E-state index is 0.833. The first-order chi connectivity index (χ1) is 4.41. The summed E-state index contributed by atoms with van der Waals surface area (Å²) in [5, 5.41) is 0. The van der Waals surface area contributed by atoms with Gasteiger partial charge in [0, 0.05) is 13.2 Å². The van der Waals surface area contributed by atoms with Crippen LogP contribution in [0.4, 0.5) is 0 Å². The molecule has 0 aliphatic heterocycles. The molecule has 0 amide bonds. The molecule has 0 aromatic rings. The molecular formula is C8H16O. The van der Waals surface area contributed by atoms with Crippen LogP contribution in [0.2, 0.25) is 0 Å². The van der Waals surface area contributed by atoms with E-state index in [4.69, 9.17) is 4.74 Å². The molecule has 0 saturated heterocycles. The lowest BCUT2D eigenvalue weighted by Gasteiger charge is -1.93. The Bertz CT molecular complexity index is 67.0. The van der Waals surface area contributed by atoms with Crippen LogP contribution in [0.3, 0.4) is 0 Å². The molecule has 1 heteroatoms. The number of rotatable bonds is 5. The molecule has 1 nitrogen and oxygen atoms in total. The zero-order valence-corrected chi connectivity index (χ0v) is 6.39. The molecule has 0 aliphatic carbocycles. The van der Waals surface area contributed by atoms with Gasteiger partial charge in [-0.1, -0.05) is 19.1 Å². The van der Waals surface area contributed by atoms with E-state index in [0.29, 0.717) is 0 Å². The molecule has 9 heavy (non-hydrogen) atoms. The average Bonchev–Trinajstić information content (AvgIpc) is 1.89. The lowest BCUT2D eigenvalue weighted by atomic mass is 10.3. The van der Waals surface area contributed by atoms with Gasteiger partial charge in [0.2, 0.25) is 0 Å². The molecule has 0 unspecified atom stereocenters. The van der Waals surface area contributed by atoms with Crippen molar-refractivity contribution >= 4 is 0 Å². The van der Waals surface area contributed by atoms with Crippen LogP contribution >= 0.6 is 0 Å². The molecule has 0 heterocycles. The van der Waals surface area contributed by atoms with Crippen molar-refractivity contribution in [2.75, 3.05) is 13.2 Å². The van der Waals surface area contributed by atoms with Crippen LogP contribution in [0.15, 0.2) is 12.2 Å². The number of allylic oxidation sites excluding steroid dienone is 1. The van der Waals surface area contributed by atoms with E-state index in [9.17, 15) is 0 Å². The van der Waals surface area contributed by atoms with E-state index >= 15 is 0 Å². The van der Waals surface area contributed by atoms with Crippen LogP contribution in [0, 0.1) is 0 Å². The molecule has 0 fully saturated rings. The molecule has 0 bridgehead atoms. The fraction of sp³-hybridized carbons (Fsp3) is 0.750. The third kappa shape index (κ3) is 7.70. The molecule has 0 aromatic carbocycles. The highest BCUT2D eigenvalue weighted by Gasteiger charge is 1.77. The third-order valence-corrected chi connectivity index (χ3v) is 1.04. The maximum Gasteiger partial charge on any atom is 0.0500 e. The van der Waals surface area contributed by atoms with Crippen LogP contribution in [-0.2, 0) is 4.74 Å². The van der Waals surface area contributed by atoms with E-state index in [1.54, 1.807) is 0 Å². The average molecular weight is 128 g/mol. The van der Waals surface area contributed by atoms with Gasteiger partial charge in [0.1, 0.15) is 0 Å². The van der Waals surface area contributed by atoms with Crippen LogP contribution in [0.5, 0.6) is 0 Å². The molecule has 0 saturated carbocycles. The van der Waals surface area contributed by atoms with Gasteiger partial charge < -0.3 is 4.74 Å². The maximum absolute atomic E-state index is 5.13. The fourth-order valence-corrected chi connectivity index (χ4v) is 0.580. The second kappa shape index (κ2) is 7.70. The Morgan fingerprint density at radius 2 is 2.00 bits per heavy atom. The Morgan fingerprint density at radius 3 is 2.56 bits per heavy atom. The summed E-state index contributed by atoms with van der Waals surface area (Å²) >= 11 is 0. The summed E-state index contributed by atoms with van der Waals surface area (Å²) in [6.07, 6.45) is 6.52. The van der Waals surface area contributed by atoms with E-state index in [1.807, 2.05) is 6.92 Å². The topological polar surface area (TPSA) is 9.23 Å². The van der Waals surface area contributed by atoms with Crippen molar-refractivity contribution in [2.45, 2.75) is 26.7 Å². The Hall–Kier alpha value is -0.300. The van der Waals surface area contributed by atoms with Crippen molar-refractivity contribution in [1.82, 2.24) is 0 Å². The van der Waals surface area contributed by atoms with Gasteiger partial charge >= 0.3 is 0 Å². The predicted octanol–water partition coefficient (Wildman–Crippen LogP) is 2.38. The molecule has 0 aromatic heterocycles. The van der Waals surface area contributed by atoms with Gasteiger partial charge in [-0.25, -0.2) is 0 Å². The zero-order valence-electron chi connectivity index (χ0n) is 6.39. The van der Waals surface area contributed by atoms with E-state index in [1.165, 1.54) is 0 Å². The lowest BCUT2D eigenvalue weighted by Crippen LogP contribution is -1.90. The van der Waals surface area contributed by atoms with Gasteiger partial charge in [0.15, 0.2) is 0 Å². The first kappa shape index (κ1) is 8.70.